The molecule has 0 aliphatic rings. The Morgan fingerprint density at radius 1 is 1.14 bits per heavy atom. The lowest BCUT2D eigenvalue weighted by Gasteiger charge is -2.01. The molecule has 1 aromatic heterocycles. The highest BCUT2D eigenvalue weighted by Crippen LogP contribution is 2.12. The number of para-hydroxylation sites is 1. The van der Waals surface area contributed by atoms with Gasteiger partial charge in [-0.3, -0.25) is 0 Å². The molecule has 0 saturated carbocycles. The second-order valence-electron chi connectivity index (χ2n) is 4.63. The van der Waals surface area contributed by atoms with Crippen molar-refractivity contribution in [2.24, 2.45) is 0 Å². The maximum Gasteiger partial charge on any atom is 0.330 e. The van der Waals surface area contributed by atoms with Gasteiger partial charge in [0.2, 0.25) is 0 Å². The van der Waals surface area contributed by atoms with Gasteiger partial charge in [-0.2, -0.15) is 0 Å². The predicted molar refractivity (Wildman–Crippen MR) is 82.8 cm³/mol. The molecule has 4 heteroatoms. The van der Waals surface area contributed by atoms with Crippen molar-refractivity contribution < 1.29 is 14.3 Å². The quantitative estimate of drug-likeness (QED) is 0.445. The lowest BCUT2D eigenvalue weighted by atomic mass is 10.2. The molecule has 0 saturated heterocycles. The number of unbranched alkanes of at least 4 members (excludes halogenated alkanes) is 1. The van der Waals surface area contributed by atoms with E-state index in [9.17, 15) is 4.79 Å². The van der Waals surface area contributed by atoms with Crippen molar-refractivity contribution >= 4 is 22.9 Å². The van der Waals surface area contributed by atoms with Crippen LogP contribution in [0.4, 0.5) is 0 Å². The van der Waals surface area contributed by atoms with Gasteiger partial charge < -0.3 is 9.47 Å². The van der Waals surface area contributed by atoms with Crippen LogP contribution in [-0.2, 0) is 14.3 Å². The third kappa shape index (κ3) is 5.00. The number of carbonyl (C=O) groups excluding carboxylic acids is 1. The molecule has 110 valence electrons. The minimum Gasteiger partial charge on any atom is -0.463 e. The summed E-state index contributed by atoms with van der Waals surface area (Å²) >= 11 is 0. The maximum atomic E-state index is 11.5. The van der Waals surface area contributed by atoms with E-state index in [1.807, 2.05) is 36.4 Å². The van der Waals surface area contributed by atoms with Crippen LogP contribution in [0.1, 0.15) is 18.5 Å². The number of ether oxygens (including phenoxy) is 2. The SMILES string of the molecule is COCCCCOC(=O)/C=C/c1ccc2ccccc2n1. The van der Waals surface area contributed by atoms with Crippen molar-refractivity contribution in [3.05, 3.63) is 48.2 Å². The van der Waals surface area contributed by atoms with Crippen LogP contribution in [0.5, 0.6) is 0 Å². The molecule has 0 aliphatic heterocycles. The van der Waals surface area contributed by atoms with Crippen molar-refractivity contribution in [2.45, 2.75) is 12.8 Å². The zero-order valence-electron chi connectivity index (χ0n) is 12.1. The number of carbonyl (C=O) groups is 1. The van der Waals surface area contributed by atoms with E-state index in [2.05, 4.69) is 4.98 Å². The summed E-state index contributed by atoms with van der Waals surface area (Å²) in [5.41, 5.74) is 1.65. The maximum absolute atomic E-state index is 11.5. The first-order chi connectivity index (χ1) is 10.3. The molecule has 1 heterocycles. The minimum absolute atomic E-state index is 0.345. The predicted octanol–water partition coefficient (Wildman–Crippen LogP) is 3.22. The molecule has 0 N–H and O–H groups in total. The second kappa shape index (κ2) is 8.17. The number of hydrogen-bond donors (Lipinski definition) is 0. The Hall–Kier alpha value is -2.20. The van der Waals surface area contributed by atoms with Crippen molar-refractivity contribution in [2.75, 3.05) is 20.3 Å². The summed E-state index contributed by atoms with van der Waals surface area (Å²) in [5.74, 6) is -0.345. The molecule has 2 aromatic rings. The van der Waals surface area contributed by atoms with Crippen LogP contribution in [-0.4, -0.2) is 31.3 Å². The van der Waals surface area contributed by atoms with Crippen LogP contribution in [0, 0.1) is 0 Å². The lowest BCUT2D eigenvalue weighted by Crippen LogP contribution is -2.03. The van der Waals surface area contributed by atoms with Crippen LogP contribution >= 0.6 is 0 Å². The van der Waals surface area contributed by atoms with Crippen molar-refractivity contribution in [1.82, 2.24) is 4.98 Å². The number of nitrogens with zero attached hydrogens (tertiary/aromatic N) is 1. The van der Waals surface area contributed by atoms with E-state index in [0.717, 1.165) is 29.4 Å². The van der Waals surface area contributed by atoms with E-state index in [1.54, 1.807) is 13.2 Å². The third-order valence-corrected chi connectivity index (χ3v) is 3.00. The molecular weight excluding hydrogens is 266 g/mol. The summed E-state index contributed by atoms with van der Waals surface area (Å²) in [5, 5.41) is 1.08. The lowest BCUT2D eigenvalue weighted by molar-refractivity contribution is -0.137. The molecule has 0 unspecified atom stereocenters. The van der Waals surface area contributed by atoms with Crippen LogP contribution in [0.15, 0.2) is 42.5 Å². The molecule has 0 spiro atoms. The summed E-state index contributed by atoms with van der Waals surface area (Å²) in [6.07, 6.45) is 4.78. The Kier molecular flexibility index (Phi) is 5.91. The van der Waals surface area contributed by atoms with Gasteiger partial charge in [-0.05, 0) is 31.1 Å². The van der Waals surface area contributed by atoms with Crippen molar-refractivity contribution in [3.8, 4) is 0 Å². The van der Waals surface area contributed by atoms with E-state index >= 15 is 0 Å². The van der Waals surface area contributed by atoms with E-state index in [4.69, 9.17) is 9.47 Å². The van der Waals surface area contributed by atoms with Gasteiger partial charge in [0.25, 0.3) is 0 Å². The Bertz CT molecular complexity index is 622. The van der Waals surface area contributed by atoms with E-state index < -0.39 is 0 Å². The highest BCUT2D eigenvalue weighted by Gasteiger charge is 1.98. The molecule has 0 fully saturated rings. The topological polar surface area (TPSA) is 48.4 Å². The number of aromatic nitrogens is 1. The Morgan fingerprint density at radius 3 is 2.81 bits per heavy atom. The normalized spacial score (nSPS) is 11.1. The Labute approximate surface area is 124 Å². The largest absolute Gasteiger partial charge is 0.463 e. The number of rotatable bonds is 7. The van der Waals surface area contributed by atoms with Gasteiger partial charge in [-0.25, -0.2) is 9.78 Å². The number of esters is 1. The number of hydrogen-bond acceptors (Lipinski definition) is 4. The third-order valence-electron chi connectivity index (χ3n) is 3.00. The average Bonchev–Trinajstić information content (AvgIpc) is 2.52. The number of benzene rings is 1. The fraction of sp³-hybridized carbons (Fsp3) is 0.294. The second-order valence-corrected chi connectivity index (χ2v) is 4.63. The Balaban J connectivity index is 1.85. The highest BCUT2D eigenvalue weighted by molar-refractivity contribution is 5.87. The molecule has 0 amide bonds. The van der Waals surface area contributed by atoms with Crippen molar-refractivity contribution in [1.29, 1.82) is 0 Å². The summed E-state index contributed by atoms with van der Waals surface area (Å²) in [7, 11) is 1.66. The van der Waals surface area contributed by atoms with Crippen LogP contribution < -0.4 is 0 Å². The van der Waals surface area contributed by atoms with E-state index in [1.165, 1.54) is 6.08 Å². The molecule has 0 atom stereocenters. The first-order valence-electron chi connectivity index (χ1n) is 6.99. The fourth-order valence-electron chi connectivity index (χ4n) is 1.90. The number of methoxy groups -OCH3 is 1. The van der Waals surface area contributed by atoms with Crippen LogP contribution in [0.25, 0.3) is 17.0 Å². The zero-order chi connectivity index (χ0) is 14.9. The molecule has 0 radical (unpaired) electrons. The number of fused-ring (bicyclic) bond motifs is 1. The standard InChI is InChI=1S/C17H19NO3/c1-20-12-4-5-13-21-17(19)11-10-15-9-8-14-6-2-3-7-16(14)18-15/h2-3,6-11H,4-5,12-13H2,1H3/b11-10+. The molecule has 4 nitrogen and oxygen atoms in total. The Morgan fingerprint density at radius 2 is 1.95 bits per heavy atom. The summed E-state index contributed by atoms with van der Waals surface area (Å²) in [6, 6.07) is 11.7. The van der Waals surface area contributed by atoms with Gasteiger partial charge in [0.05, 0.1) is 17.8 Å². The van der Waals surface area contributed by atoms with E-state index in [-0.39, 0.29) is 5.97 Å². The van der Waals surface area contributed by atoms with Gasteiger partial charge in [-0.15, -0.1) is 0 Å². The smallest absolute Gasteiger partial charge is 0.330 e. The molecular formula is C17H19NO3. The fourth-order valence-corrected chi connectivity index (χ4v) is 1.90. The first kappa shape index (κ1) is 15.2. The summed E-state index contributed by atoms with van der Waals surface area (Å²) in [6.45, 7) is 1.10. The number of pyridine rings is 1. The molecule has 1 aromatic carbocycles. The molecule has 0 bridgehead atoms. The molecule has 0 aliphatic carbocycles. The monoisotopic (exact) mass is 285 g/mol. The molecule has 21 heavy (non-hydrogen) atoms. The summed E-state index contributed by atoms with van der Waals surface area (Å²) in [4.78, 5) is 16.0. The summed E-state index contributed by atoms with van der Waals surface area (Å²) < 4.78 is 10.0. The van der Waals surface area contributed by atoms with Gasteiger partial charge in [0, 0.05) is 25.2 Å². The van der Waals surface area contributed by atoms with Gasteiger partial charge in [-0.1, -0.05) is 24.3 Å². The van der Waals surface area contributed by atoms with Gasteiger partial charge in [0.1, 0.15) is 0 Å². The van der Waals surface area contributed by atoms with Gasteiger partial charge in [0.15, 0.2) is 0 Å². The van der Waals surface area contributed by atoms with Crippen LogP contribution in [0.2, 0.25) is 0 Å². The van der Waals surface area contributed by atoms with Crippen LogP contribution in [0.3, 0.4) is 0 Å². The molecule has 2 rings (SSSR count). The first-order valence-corrected chi connectivity index (χ1v) is 6.99. The van der Waals surface area contributed by atoms with Crippen molar-refractivity contribution in [3.63, 3.8) is 0 Å². The minimum atomic E-state index is -0.345. The van der Waals surface area contributed by atoms with Gasteiger partial charge >= 0.3 is 5.97 Å². The van der Waals surface area contributed by atoms with E-state index in [0.29, 0.717) is 13.2 Å². The average molecular weight is 285 g/mol. The highest BCUT2D eigenvalue weighted by atomic mass is 16.5. The zero-order valence-corrected chi connectivity index (χ0v) is 12.1.